The molecule has 1 aromatic heterocycles. The van der Waals surface area contributed by atoms with Crippen LogP contribution in [0.25, 0.3) is 11.3 Å². The molecule has 1 heterocycles. The van der Waals surface area contributed by atoms with E-state index in [0.717, 1.165) is 0 Å². The number of carboxylic acids is 1. The molecule has 0 saturated heterocycles. The summed E-state index contributed by atoms with van der Waals surface area (Å²) in [6, 6.07) is 13.5. The number of carbonyl (C=O) groups excluding carboxylic acids is 1. The highest BCUT2D eigenvalue weighted by Crippen LogP contribution is 2.32. The number of hydrogen-bond donors (Lipinski definition) is 2. The van der Waals surface area contributed by atoms with Crippen LogP contribution in [-0.2, 0) is 25.1 Å². The molecule has 9 nitrogen and oxygen atoms in total. The molecule has 0 bridgehead atoms. The van der Waals surface area contributed by atoms with Gasteiger partial charge in [0, 0.05) is 16.1 Å². The summed E-state index contributed by atoms with van der Waals surface area (Å²) in [6.07, 6.45) is -1.77. The van der Waals surface area contributed by atoms with Gasteiger partial charge in [-0.25, -0.2) is 13.2 Å². The van der Waals surface area contributed by atoms with Crippen molar-refractivity contribution in [1.82, 2.24) is 5.16 Å². The standard InChI is InChI=1S/C23H23ClN2O7S/c1-14-21(25-23(29)32-15(2)18-5-3-4-6-19(18)24)22(33-26-14)17-9-7-16(8-10-17)13-34(30,31)12-11-20(27)28/h3-10,15H,11-13H2,1-2H3,(H,25,29)(H,27,28). The van der Waals surface area contributed by atoms with Gasteiger partial charge in [0.05, 0.1) is 17.9 Å². The van der Waals surface area contributed by atoms with Crippen LogP contribution in [0.2, 0.25) is 5.02 Å². The zero-order valence-corrected chi connectivity index (χ0v) is 20.0. The summed E-state index contributed by atoms with van der Waals surface area (Å²) < 4.78 is 35.0. The lowest BCUT2D eigenvalue weighted by Crippen LogP contribution is -2.17. The fraction of sp³-hybridized carbons (Fsp3) is 0.261. The molecule has 3 rings (SSSR count). The van der Waals surface area contributed by atoms with Crippen molar-refractivity contribution in [1.29, 1.82) is 0 Å². The van der Waals surface area contributed by atoms with Crippen molar-refractivity contribution >= 4 is 39.2 Å². The second-order valence-corrected chi connectivity index (χ2v) is 10.2. The molecule has 0 fully saturated rings. The number of aliphatic carboxylic acids is 1. The number of sulfone groups is 1. The SMILES string of the molecule is Cc1noc(-c2ccc(CS(=O)(=O)CCC(=O)O)cc2)c1NC(=O)OC(C)c1ccccc1Cl. The van der Waals surface area contributed by atoms with E-state index < -0.39 is 40.2 Å². The number of rotatable bonds is 9. The lowest BCUT2D eigenvalue weighted by atomic mass is 10.1. The zero-order chi connectivity index (χ0) is 24.9. The Morgan fingerprint density at radius 3 is 2.50 bits per heavy atom. The maximum atomic E-state index is 12.5. The number of carboxylic acid groups (broad SMARTS) is 1. The number of halogens is 1. The van der Waals surface area contributed by atoms with Crippen LogP contribution in [0.4, 0.5) is 10.5 Å². The molecular weight excluding hydrogens is 484 g/mol. The Balaban J connectivity index is 1.71. The zero-order valence-electron chi connectivity index (χ0n) is 18.4. The van der Waals surface area contributed by atoms with E-state index >= 15 is 0 Å². The molecule has 34 heavy (non-hydrogen) atoms. The fourth-order valence-corrected chi connectivity index (χ4v) is 4.82. The third-order valence-corrected chi connectivity index (χ3v) is 6.89. The average molecular weight is 507 g/mol. The van der Waals surface area contributed by atoms with E-state index in [1.165, 1.54) is 0 Å². The Labute approximate surface area is 201 Å². The average Bonchev–Trinajstić information content (AvgIpc) is 3.13. The molecule has 2 aromatic carbocycles. The third-order valence-electron chi connectivity index (χ3n) is 4.95. The Morgan fingerprint density at radius 2 is 1.85 bits per heavy atom. The Kier molecular flexibility index (Phi) is 7.95. The number of ether oxygens (including phenoxy) is 1. The molecule has 0 radical (unpaired) electrons. The normalized spacial score (nSPS) is 12.2. The highest BCUT2D eigenvalue weighted by molar-refractivity contribution is 7.90. The maximum absolute atomic E-state index is 12.5. The van der Waals surface area contributed by atoms with Crippen molar-refractivity contribution in [2.75, 3.05) is 11.1 Å². The third kappa shape index (κ3) is 6.58. The summed E-state index contributed by atoms with van der Waals surface area (Å²) in [5, 5.41) is 15.7. The van der Waals surface area contributed by atoms with Crippen LogP contribution < -0.4 is 5.32 Å². The van der Waals surface area contributed by atoms with Crippen molar-refractivity contribution in [3.8, 4) is 11.3 Å². The van der Waals surface area contributed by atoms with Crippen LogP contribution in [0.3, 0.4) is 0 Å². The largest absolute Gasteiger partial charge is 0.481 e. The van der Waals surface area contributed by atoms with Crippen LogP contribution in [0, 0.1) is 6.92 Å². The van der Waals surface area contributed by atoms with Crippen molar-refractivity contribution < 1.29 is 32.4 Å². The molecule has 0 spiro atoms. The molecule has 1 amide bonds. The van der Waals surface area contributed by atoms with Gasteiger partial charge in [0.1, 0.15) is 17.5 Å². The van der Waals surface area contributed by atoms with Gasteiger partial charge in [0.15, 0.2) is 15.6 Å². The van der Waals surface area contributed by atoms with Crippen molar-refractivity contribution in [2.24, 2.45) is 0 Å². The lowest BCUT2D eigenvalue weighted by molar-refractivity contribution is -0.136. The first-order valence-electron chi connectivity index (χ1n) is 10.3. The van der Waals surface area contributed by atoms with Gasteiger partial charge in [-0.3, -0.25) is 10.1 Å². The van der Waals surface area contributed by atoms with E-state index in [1.807, 2.05) is 0 Å². The van der Waals surface area contributed by atoms with Gasteiger partial charge in [-0.05, 0) is 25.5 Å². The predicted molar refractivity (Wildman–Crippen MR) is 126 cm³/mol. The van der Waals surface area contributed by atoms with Crippen LogP contribution in [0.15, 0.2) is 53.1 Å². The second kappa shape index (κ2) is 10.7. The molecule has 11 heteroatoms. The summed E-state index contributed by atoms with van der Waals surface area (Å²) in [4.78, 5) is 23.1. The Morgan fingerprint density at radius 1 is 1.18 bits per heavy atom. The van der Waals surface area contributed by atoms with Crippen LogP contribution in [-0.4, -0.2) is 36.5 Å². The van der Waals surface area contributed by atoms with E-state index in [1.54, 1.807) is 62.4 Å². The van der Waals surface area contributed by atoms with E-state index in [2.05, 4.69) is 10.5 Å². The number of aryl methyl sites for hydroxylation is 1. The molecule has 180 valence electrons. The van der Waals surface area contributed by atoms with Crippen LogP contribution in [0.5, 0.6) is 0 Å². The number of benzene rings is 2. The van der Waals surface area contributed by atoms with Gasteiger partial charge >= 0.3 is 12.1 Å². The molecule has 3 aromatic rings. The summed E-state index contributed by atoms with van der Waals surface area (Å²) in [6.45, 7) is 3.36. The van der Waals surface area contributed by atoms with Gasteiger partial charge in [-0.2, -0.15) is 0 Å². The Hall–Kier alpha value is -3.37. The molecular formula is C23H23ClN2O7S. The first-order chi connectivity index (χ1) is 16.1. The monoisotopic (exact) mass is 506 g/mol. The molecule has 0 saturated carbocycles. The predicted octanol–water partition coefficient (Wildman–Crippen LogP) is 5.00. The number of hydrogen-bond acceptors (Lipinski definition) is 7. The highest BCUT2D eigenvalue weighted by atomic mass is 35.5. The van der Waals surface area contributed by atoms with E-state index in [4.69, 9.17) is 26.0 Å². The van der Waals surface area contributed by atoms with E-state index in [0.29, 0.717) is 33.1 Å². The van der Waals surface area contributed by atoms with E-state index in [-0.39, 0.29) is 11.5 Å². The minimum atomic E-state index is -3.56. The number of nitrogens with zero attached hydrogens (tertiary/aromatic N) is 1. The summed E-state index contributed by atoms with van der Waals surface area (Å²) >= 11 is 6.16. The van der Waals surface area contributed by atoms with E-state index in [9.17, 15) is 18.0 Å². The number of nitrogens with one attached hydrogen (secondary N) is 1. The maximum Gasteiger partial charge on any atom is 0.412 e. The number of carbonyl (C=O) groups is 2. The minimum absolute atomic E-state index is 0.278. The quantitative estimate of drug-likeness (QED) is 0.413. The Bertz CT molecular complexity index is 1290. The van der Waals surface area contributed by atoms with Crippen molar-refractivity contribution in [3.05, 3.63) is 70.4 Å². The molecule has 1 unspecified atom stereocenters. The minimum Gasteiger partial charge on any atom is -0.481 e. The first kappa shape index (κ1) is 25.3. The summed E-state index contributed by atoms with van der Waals surface area (Å²) in [7, 11) is -3.56. The molecule has 0 aliphatic rings. The van der Waals surface area contributed by atoms with Crippen molar-refractivity contribution in [2.45, 2.75) is 32.1 Å². The van der Waals surface area contributed by atoms with Crippen molar-refractivity contribution in [3.63, 3.8) is 0 Å². The first-order valence-corrected chi connectivity index (χ1v) is 12.5. The number of aromatic nitrogens is 1. The summed E-state index contributed by atoms with van der Waals surface area (Å²) in [5.74, 6) is -1.61. The number of amides is 1. The molecule has 1 atom stereocenters. The number of anilines is 1. The lowest BCUT2D eigenvalue weighted by Gasteiger charge is -2.15. The molecule has 0 aliphatic carbocycles. The van der Waals surface area contributed by atoms with Crippen LogP contribution in [0.1, 0.15) is 36.3 Å². The highest BCUT2D eigenvalue weighted by Gasteiger charge is 2.21. The second-order valence-electron chi connectivity index (χ2n) is 7.60. The summed E-state index contributed by atoms with van der Waals surface area (Å²) in [5.41, 5.74) is 2.46. The van der Waals surface area contributed by atoms with Gasteiger partial charge < -0.3 is 14.4 Å². The van der Waals surface area contributed by atoms with Gasteiger partial charge in [-0.15, -0.1) is 0 Å². The van der Waals surface area contributed by atoms with Gasteiger partial charge in [0.25, 0.3) is 0 Å². The molecule has 0 aliphatic heterocycles. The van der Waals surface area contributed by atoms with Gasteiger partial charge in [-0.1, -0.05) is 59.2 Å². The smallest absolute Gasteiger partial charge is 0.412 e. The topological polar surface area (TPSA) is 136 Å². The van der Waals surface area contributed by atoms with Gasteiger partial charge in [0.2, 0.25) is 0 Å². The fourth-order valence-electron chi connectivity index (χ4n) is 3.20. The molecule has 2 N–H and O–H groups in total. The van der Waals surface area contributed by atoms with Crippen LogP contribution >= 0.6 is 11.6 Å².